The summed E-state index contributed by atoms with van der Waals surface area (Å²) in [5.41, 5.74) is 0.458. The molecule has 1 fully saturated rings. The fourth-order valence-corrected chi connectivity index (χ4v) is 2.07. The Morgan fingerprint density at radius 1 is 1.17 bits per heavy atom. The molecular formula is C13H14ClNO3. The first-order valence-corrected chi connectivity index (χ1v) is 6.23. The van der Waals surface area contributed by atoms with Crippen molar-refractivity contribution >= 4 is 23.3 Å². The number of alkyl halides is 1. The highest BCUT2D eigenvalue weighted by Crippen LogP contribution is 2.12. The molecule has 1 atom stereocenters. The Bertz CT molecular complexity index is 429. The van der Waals surface area contributed by atoms with Crippen LogP contribution in [0.4, 0.5) is 0 Å². The van der Waals surface area contributed by atoms with Crippen molar-refractivity contribution in [3.05, 3.63) is 35.9 Å². The number of rotatable bonds is 3. The van der Waals surface area contributed by atoms with Crippen LogP contribution in [0.1, 0.15) is 10.4 Å². The minimum Gasteiger partial charge on any atom is -0.378 e. The van der Waals surface area contributed by atoms with E-state index in [1.165, 1.54) is 0 Å². The molecule has 0 radical (unpaired) electrons. The van der Waals surface area contributed by atoms with Gasteiger partial charge in [-0.15, -0.1) is 11.6 Å². The van der Waals surface area contributed by atoms with E-state index in [1.807, 2.05) is 6.07 Å². The molecule has 0 spiro atoms. The molecule has 5 heteroatoms. The Hall–Kier alpha value is -1.39. The average molecular weight is 268 g/mol. The SMILES string of the molecule is O=C(c1ccccc1)C(Cl)C(=O)N1CCOCC1. The largest absolute Gasteiger partial charge is 0.378 e. The average Bonchev–Trinajstić information content (AvgIpc) is 2.47. The third kappa shape index (κ3) is 2.89. The topological polar surface area (TPSA) is 46.6 Å². The van der Waals surface area contributed by atoms with Gasteiger partial charge in [0.2, 0.25) is 5.91 Å². The van der Waals surface area contributed by atoms with Gasteiger partial charge in [-0.2, -0.15) is 0 Å². The second-order valence-corrected chi connectivity index (χ2v) is 4.47. The van der Waals surface area contributed by atoms with Gasteiger partial charge in [0.05, 0.1) is 13.2 Å². The Morgan fingerprint density at radius 3 is 2.39 bits per heavy atom. The normalized spacial score (nSPS) is 17.3. The maximum Gasteiger partial charge on any atom is 0.248 e. The van der Waals surface area contributed by atoms with E-state index >= 15 is 0 Å². The lowest BCUT2D eigenvalue weighted by Crippen LogP contribution is -2.46. The zero-order chi connectivity index (χ0) is 13.0. The molecule has 4 nitrogen and oxygen atoms in total. The van der Waals surface area contributed by atoms with E-state index < -0.39 is 5.38 Å². The number of benzene rings is 1. The molecule has 1 unspecified atom stereocenters. The molecule has 0 aromatic heterocycles. The molecule has 1 aromatic carbocycles. The number of morpholine rings is 1. The first kappa shape index (κ1) is 13.1. The Morgan fingerprint density at radius 2 is 1.78 bits per heavy atom. The molecule has 2 rings (SSSR count). The number of ether oxygens (including phenoxy) is 1. The summed E-state index contributed by atoms with van der Waals surface area (Å²) in [6.45, 7) is 1.97. The number of amides is 1. The van der Waals surface area contributed by atoms with Crippen LogP contribution in [-0.2, 0) is 9.53 Å². The highest BCUT2D eigenvalue weighted by Gasteiger charge is 2.30. The van der Waals surface area contributed by atoms with E-state index in [-0.39, 0.29) is 11.7 Å². The molecule has 18 heavy (non-hydrogen) atoms. The molecule has 0 N–H and O–H groups in total. The van der Waals surface area contributed by atoms with Crippen LogP contribution in [0.3, 0.4) is 0 Å². The standard InChI is InChI=1S/C13H14ClNO3/c14-11(12(16)10-4-2-1-3-5-10)13(17)15-6-8-18-9-7-15/h1-5,11H,6-9H2. The second kappa shape index (κ2) is 5.98. The van der Waals surface area contributed by atoms with Gasteiger partial charge in [0.1, 0.15) is 0 Å². The molecule has 1 aliphatic heterocycles. The predicted octanol–water partition coefficient (Wildman–Crippen LogP) is 1.34. The Balaban J connectivity index is 2.04. The van der Waals surface area contributed by atoms with E-state index in [0.29, 0.717) is 31.9 Å². The first-order valence-electron chi connectivity index (χ1n) is 5.80. The minimum atomic E-state index is -1.15. The fraction of sp³-hybridized carbons (Fsp3) is 0.385. The lowest BCUT2D eigenvalue weighted by atomic mass is 10.1. The molecule has 1 aliphatic rings. The van der Waals surface area contributed by atoms with Crippen molar-refractivity contribution in [2.45, 2.75) is 5.38 Å². The highest BCUT2D eigenvalue weighted by molar-refractivity contribution is 6.44. The van der Waals surface area contributed by atoms with E-state index in [0.717, 1.165) is 0 Å². The van der Waals surface area contributed by atoms with Gasteiger partial charge in [-0.3, -0.25) is 9.59 Å². The van der Waals surface area contributed by atoms with Crippen molar-refractivity contribution in [1.29, 1.82) is 0 Å². The van der Waals surface area contributed by atoms with Crippen LogP contribution in [0.25, 0.3) is 0 Å². The number of ketones is 1. The van der Waals surface area contributed by atoms with Crippen molar-refractivity contribution in [2.24, 2.45) is 0 Å². The lowest BCUT2D eigenvalue weighted by molar-refractivity contribution is -0.133. The smallest absolute Gasteiger partial charge is 0.248 e. The number of Topliss-reactive ketones (excluding diaryl/α,β-unsaturated/α-hetero) is 1. The van der Waals surface area contributed by atoms with Gasteiger partial charge < -0.3 is 9.64 Å². The summed E-state index contributed by atoms with van der Waals surface area (Å²) in [5.74, 6) is -0.692. The van der Waals surface area contributed by atoms with Gasteiger partial charge in [0, 0.05) is 18.7 Å². The van der Waals surface area contributed by atoms with E-state index in [1.54, 1.807) is 29.2 Å². The quantitative estimate of drug-likeness (QED) is 0.472. The van der Waals surface area contributed by atoms with Crippen LogP contribution in [0.2, 0.25) is 0 Å². The van der Waals surface area contributed by atoms with Crippen molar-refractivity contribution in [2.75, 3.05) is 26.3 Å². The summed E-state index contributed by atoms with van der Waals surface area (Å²) in [6.07, 6.45) is 0. The Kier molecular flexibility index (Phi) is 4.33. The summed E-state index contributed by atoms with van der Waals surface area (Å²) in [6, 6.07) is 8.62. The van der Waals surface area contributed by atoms with Gasteiger partial charge >= 0.3 is 0 Å². The molecule has 96 valence electrons. The lowest BCUT2D eigenvalue weighted by Gasteiger charge is -2.28. The van der Waals surface area contributed by atoms with Gasteiger partial charge in [-0.25, -0.2) is 0 Å². The summed E-state index contributed by atoms with van der Waals surface area (Å²) in [5, 5.41) is -1.15. The maximum absolute atomic E-state index is 12.0. The predicted molar refractivity (Wildman–Crippen MR) is 67.8 cm³/mol. The van der Waals surface area contributed by atoms with Gasteiger partial charge in [0.15, 0.2) is 11.2 Å². The molecule has 1 heterocycles. The maximum atomic E-state index is 12.0. The number of halogens is 1. The first-order chi connectivity index (χ1) is 8.70. The van der Waals surface area contributed by atoms with Gasteiger partial charge in [0.25, 0.3) is 0 Å². The summed E-state index contributed by atoms with van der Waals surface area (Å²) >= 11 is 5.97. The van der Waals surface area contributed by atoms with E-state index in [4.69, 9.17) is 16.3 Å². The summed E-state index contributed by atoms with van der Waals surface area (Å²) < 4.78 is 5.15. The number of carbonyl (C=O) groups is 2. The molecule has 0 bridgehead atoms. The fourth-order valence-electron chi connectivity index (χ4n) is 1.80. The number of carbonyl (C=O) groups excluding carboxylic acids is 2. The monoisotopic (exact) mass is 267 g/mol. The van der Waals surface area contributed by atoms with Crippen LogP contribution >= 0.6 is 11.6 Å². The summed E-state index contributed by atoms with van der Waals surface area (Å²) in [4.78, 5) is 25.6. The van der Waals surface area contributed by atoms with Crippen LogP contribution in [0.15, 0.2) is 30.3 Å². The van der Waals surface area contributed by atoms with Crippen molar-refractivity contribution in [1.82, 2.24) is 4.90 Å². The van der Waals surface area contributed by atoms with Crippen LogP contribution < -0.4 is 0 Å². The molecule has 0 aliphatic carbocycles. The number of hydrogen-bond donors (Lipinski definition) is 0. The highest BCUT2D eigenvalue weighted by atomic mass is 35.5. The number of hydrogen-bond acceptors (Lipinski definition) is 3. The third-order valence-electron chi connectivity index (χ3n) is 2.83. The van der Waals surface area contributed by atoms with Crippen molar-refractivity contribution in [3.8, 4) is 0 Å². The van der Waals surface area contributed by atoms with Crippen LogP contribution in [-0.4, -0.2) is 48.3 Å². The molecule has 0 saturated carbocycles. The van der Waals surface area contributed by atoms with Gasteiger partial charge in [-0.05, 0) is 0 Å². The zero-order valence-electron chi connectivity index (χ0n) is 9.84. The van der Waals surface area contributed by atoms with E-state index in [9.17, 15) is 9.59 Å². The Labute approximate surface area is 110 Å². The second-order valence-electron chi connectivity index (χ2n) is 4.03. The van der Waals surface area contributed by atoms with Gasteiger partial charge in [-0.1, -0.05) is 30.3 Å². The van der Waals surface area contributed by atoms with E-state index in [2.05, 4.69) is 0 Å². The molecule has 1 amide bonds. The van der Waals surface area contributed by atoms with Crippen molar-refractivity contribution in [3.63, 3.8) is 0 Å². The third-order valence-corrected chi connectivity index (χ3v) is 3.21. The molecular weight excluding hydrogens is 254 g/mol. The summed E-state index contributed by atoms with van der Waals surface area (Å²) in [7, 11) is 0. The minimum absolute atomic E-state index is 0.339. The molecule has 1 saturated heterocycles. The van der Waals surface area contributed by atoms with Crippen molar-refractivity contribution < 1.29 is 14.3 Å². The zero-order valence-corrected chi connectivity index (χ0v) is 10.6. The molecule has 1 aromatic rings. The number of nitrogens with zero attached hydrogens (tertiary/aromatic N) is 1. The van der Waals surface area contributed by atoms with Crippen LogP contribution in [0, 0.1) is 0 Å². The van der Waals surface area contributed by atoms with Crippen LogP contribution in [0.5, 0.6) is 0 Å².